The van der Waals surface area contributed by atoms with E-state index in [0.717, 1.165) is 16.7 Å². The van der Waals surface area contributed by atoms with Gasteiger partial charge in [-0.1, -0.05) is 86.6 Å². The van der Waals surface area contributed by atoms with Crippen LogP contribution in [0.2, 0.25) is 0 Å². The van der Waals surface area contributed by atoms with Crippen LogP contribution in [0.25, 0.3) is 11.2 Å². The molecule has 3 heterocycles. The maximum absolute atomic E-state index is 13.2. The topological polar surface area (TPSA) is 153 Å². The SMILES string of the molecule is COc1ccc(C(NC2CC(n3cnc4c(=O)[nH]c(NC(=O)C(C)C)nc43)OC2COP(=O)(Cl)N(C)C)(c2ccccc2)c2ccccc2)cc1. The molecule has 0 bridgehead atoms. The first-order valence-corrected chi connectivity index (χ1v) is 19.0. The molecule has 1 aliphatic rings. The van der Waals surface area contributed by atoms with E-state index >= 15 is 0 Å². The molecule has 51 heavy (non-hydrogen) atoms. The van der Waals surface area contributed by atoms with Crippen LogP contribution < -0.4 is 20.9 Å². The van der Waals surface area contributed by atoms with Gasteiger partial charge in [0.25, 0.3) is 5.56 Å². The minimum absolute atomic E-state index is 0.00115. The van der Waals surface area contributed by atoms with Crippen molar-refractivity contribution in [3.05, 3.63) is 118 Å². The normalized spacial score (nSPS) is 19.0. The number of hydrogen-bond donors (Lipinski definition) is 3. The van der Waals surface area contributed by atoms with Crippen LogP contribution in [0.3, 0.4) is 0 Å². The Bertz CT molecular complexity index is 2040. The number of imidazole rings is 1. The number of nitrogens with one attached hydrogen (secondary N) is 3. The number of aromatic amines is 1. The zero-order valence-electron chi connectivity index (χ0n) is 28.9. The number of amides is 1. The number of H-pyrrole nitrogens is 1. The molecule has 4 unspecified atom stereocenters. The highest BCUT2D eigenvalue weighted by molar-refractivity contribution is 7.83. The summed E-state index contributed by atoms with van der Waals surface area (Å²) in [6.07, 6.45) is 0.460. The third-order valence-electron chi connectivity index (χ3n) is 8.96. The smallest absolute Gasteiger partial charge is 0.362 e. The number of halogens is 1. The van der Waals surface area contributed by atoms with Crippen molar-refractivity contribution in [3.8, 4) is 5.75 Å². The Morgan fingerprint density at radius 1 is 1.06 bits per heavy atom. The molecule has 0 saturated carbocycles. The second-order valence-corrected chi connectivity index (χ2v) is 16.0. The number of aromatic nitrogens is 4. The summed E-state index contributed by atoms with van der Waals surface area (Å²) in [5.74, 6) is 0.0812. The second kappa shape index (κ2) is 15.1. The molecule has 1 aliphatic heterocycles. The van der Waals surface area contributed by atoms with E-state index in [0.29, 0.717) is 12.2 Å². The fourth-order valence-corrected chi connectivity index (χ4v) is 6.92. The van der Waals surface area contributed by atoms with Crippen LogP contribution in [0.15, 0.2) is 96.1 Å². The average molecular weight is 734 g/mol. The van der Waals surface area contributed by atoms with Crippen LogP contribution in [0.5, 0.6) is 5.75 Å². The molecule has 2 aromatic heterocycles. The van der Waals surface area contributed by atoms with Crippen molar-refractivity contribution < 1.29 is 23.4 Å². The molecule has 1 saturated heterocycles. The zero-order valence-corrected chi connectivity index (χ0v) is 30.6. The van der Waals surface area contributed by atoms with Gasteiger partial charge in [0.2, 0.25) is 11.9 Å². The Hall–Kier alpha value is -4.36. The van der Waals surface area contributed by atoms with Crippen LogP contribution in [0.4, 0.5) is 5.95 Å². The summed E-state index contributed by atoms with van der Waals surface area (Å²) in [4.78, 5) is 37.0. The molecule has 1 amide bonds. The fourth-order valence-electron chi connectivity index (χ4n) is 6.19. The Morgan fingerprint density at radius 3 is 2.24 bits per heavy atom. The highest BCUT2D eigenvalue weighted by atomic mass is 35.7. The number of anilines is 1. The monoisotopic (exact) mass is 733 g/mol. The van der Waals surface area contributed by atoms with Gasteiger partial charge in [-0.05, 0) is 54.2 Å². The number of hydrogen-bond acceptors (Lipinski definition) is 9. The van der Waals surface area contributed by atoms with E-state index in [1.165, 1.54) is 11.0 Å². The van der Waals surface area contributed by atoms with E-state index in [-0.39, 0.29) is 35.5 Å². The molecular formula is C36H41ClN7O6P. The van der Waals surface area contributed by atoms with Crippen LogP contribution in [0, 0.1) is 5.92 Å². The Balaban J connectivity index is 1.46. The lowest BCUT2D eigenvalue weighted by atomic mass is 9.76. The molecule has 268 valence electrons. The van der Waals surface area contributed by atoms with Gasteiger partial charge >= 0.3 is 6.87 Å². The first kappa shape index (κ1) is 36.4. The van der Waals surface area contributed by atoms with E-state index in [9.17, 15) is 14.2 Å². The number of nitrogens with zero attached hydrogens (tertiary/aromatic N) is 4. The van der Waals surface area contributed by atoms with Crippen LogP contribution in [0.1, 0.15) is 43.2 Å². The predicted molar refractivity (Wildman–Crippen MR) is 196 cm³/mol. The number of ether oxygens (including phenoxy) is 2. The maximum atomic E-state index is 13.2. The van der Waals surface area contributed by atoms with Gasteiger partial charge < -0.3 is 14.0 Å². The number of carbonyl (C=O) groups is 1. The highest BCUT2D eigenvalue weighted by Gasteiger charge is 2.45. The van der Waals surface area contributed by atoms with Gasteiger partial charge in [0.05, 0.1) is 31.7 Å². The quantitative estimate of drug-likeness (QED) is 0.0988. The van der Waals surface area contributed by atoms with Crippen LogP contribution in [-0.2, 0) is 24.2 Å². The van der Waals surface area contributed by atoms with E-state index < -0.39 is 36.3 Å². The number of fused-ring (bicyclic) bond motifs is 1. The van der Waals surface area contributed by atoms with Gasteiger partial charge in [-0.2, -0.15) is 4.98 Å². The molecular weight excluding hydrogens is 693 g/mol. The first-order chi connectivity index (χ1) is 24.4. The number of carbonyl (C=O) groups excluding carboxylic acids is 1. The average Bonchev–Trinajstić information content (AvgIpc) is 3.74. The van der Waals surface area contributed by atoms with Crippen molar-refractivity contribution in [2.75, 3.05) is 33.1 Å². The molecule has 6 rings (SSSR count). The van der Waals surface area contributed by atoms with Crippen molar-refractivity contribution in [1.29, 1.82) is 0 Å². The third kappa shape index (κ3) is 7.50. The standard InChI is InChI=1S/C36H41ClN7O6P/c1-23(2)33(45)40-35-39-32-31(34(46)41-35)38-22-44(32)30-20-28(29(50-30)21-49-51(37,47)43(3)4)42-36(24-12-8-6-9-13-24,25-14-10-7-11-15-25)26-16-18-27(48-5)19-17-26/h6-19,22-23,28-30,42H,20-21H2,1-5H3,(H2,39,40,41,45,46). The van der Waals surface area contributed by atoms with Gasteiger partial charge in [-0.25, -0.2) is 9.65 Å². The second-order valence-electron chi connectivity index (χ2n) is 12.8. The summed E-state index contributed by atoms with van der Waals surface area (Å²) in [7, 11) is 4.79. The van der Waals surface area contributed by atoms with Gasteiger partial charge in [-0.15, -0.1) is 0 Å². The number of methoxy groups -OCH3 is 1. The predicted octanol–water partition coefficient (Wildman–Crippen LogP) is 5.89. The minimum atomic E-state index is -3.67. The van der Waals surface area contributed by atoms with E-state index in [1.807, 2.05) is 60.7 Å². The minimum Gasteiger partial charge on any atom is -0.497 e. The van der Waals surface area contributed by atoms with Crippen molar-refractivity contribution in [1.82, 2.24) is 29.5 Å². The lowest BCUT2D eigenvalue weighted by Crippen LogP contribution is -2.53. The molecule has 3 N–H and O–H groups in total. The molecule has 13 nitrogen and oxygen atoms in total. The van der Waals surface area contributed by atoms with Crippen LogP contribution >= 0.6 is 18.1 Å². The fraction of sp³-hybridized carbons (Fsp3) is 0.333. The summed E-state index contributed by atoms with van der Waals surface area (Å²) in [5.41, 5.74) is 1.76. The van der Waals surface area contributed by atoms with Gasteiger partial charge in [0.1, 0.15) is 12.0 Å². The summed E-state index contributed by atoms with van der Waals surface area (Å²) >= 11 is 6.33. The maximum Gasteiger partial charge on any atom is 0.362 e. The van der Waals surface area contributed by atoms with Crippen molar-refractivity contribution in [2.45, 2.75) is 44.2 Å². The molecule has 0 spiro atoms. The van der Waals surface area contributed by atoms with E-state index in [1.54, 1.807) is 39.6 Å². The van der Waals surface area contributed by atoms with Crippen molar-refractivity contribution in [3.63, 3.8) is 0 Å². The van der Waals surface area contributed by atoms with Gasteiger partial charge in [-0.3, -0.25) is 34.3 Å². The summed E-state index contributed by atoms with van der Waals surface area (Å²) in [6, 6.07) is 27.6. The van der Waals surface area contributed by atoms with Crippen molar-refractivity contribution >= 4 is 41.1 Å². The molecule has 3 aromatic carbocycles. The summed E-state index contributed by atoms with van der Waals surface area (Å²) < 4.78 is 34.2. The van der Waals surface area contributed by atoms with E-state index in [2.05, 4.69) is 49.9 Å². The zero-order chi connectivity index (χ0) is 36.3. The molecule has 15 heteroatoms. The summed E-state index contributed by atoms with van der Waals surface area (Å²) in [6.45, 7) is -0.303. The lowest BCUT2D eigenvalue weighted by molar-refractivity contribution is -0.118. The van der Waals surface area contributed by atoms with E-state index in [4.69, 9.17) is 25.2 Å². The molecule has 4 atom stereocenters. The highest BCUT2D eigenvalue weighted by Crippen LogP contribution is 2.54. The van der Waals surface area contributed by atoms with Gasteiger partial charge in [0, 0.05) is 18.4 Å². The molecule has 1 fully saturated rings. The van der Waals surface area contributed by atoms with Crippen molar-refractivity contribution in [2.24, 2.45) is 5.92 Å². The number of rotatable bonds is 13. The Morgan fingerprint density at radius 2 is 1.67 bits per heavy atom. The summed E-state index contributed by atoms with van der Waals surface area (Å²) in [5, 5.41) is 6.62. The van der Waals surface area contributed by atoms with Gasteiger partial charge in [0.15, 0.2) is 11.2 Å². The van der Waals surface area contributed by atoms with Crippen LogP contribution in [-0.4, -0.2) is 70.1 Å². The molecule has 0 radical (unpaired) electrons. The molecule has 5 aromatic rings. The lowest BCUT2D eigenvalue weighted by Gasteiger charge is -2.40. The Kier molecular flexibility index (Phi) is 10.8. The first-order valence-electron chi connectivity index (χ1n) is 16.5. The Labute approximate surface area is 300 Å². The largest absolute Gasteiger partial charge is 0.497 e. The number of benzene rings is 3. The third-order valence-corrected chi connectivity index (χ3v) is 11.6. The molecule has 0 aliphatic carbocycles.